The highest BCUT2D eigenvalue weighted by atomic mass is 19.3. The molecule has 1 saturated heterocycles. The largest absolute Gasteiger partial charge is 0.481 e. The van der Waals surface area contributed by atoms with Crippen LogP contribution in [-0.2, 0) is 9.59 Å². The van der Waals surface area contributed by atoms with Crippen LogP contribution in [0.4, 0.5) is 8.78 Å². The predicted molar refractivity (Wildman–Crippen MR) is 42.9 cm³/mol. The number of aliphatic carboxylic acids is 1. The lowest BCUT2D eigenvalue weighted by molar-refractivity contribution is -0.165. The van der Waals surface area contributed by atoms with Crippen LogP contribution in [0, 0.1) is 5.41 Å². The molecule has 0 spiro atoms. The first kappa shape index (κ1) is 10.9. The van der Waals surface area contributed by atoms with Crippen molar-refractivity contribution in [3.05, 3.63) is 0 Å². The third-order valence-corrected chi connectivity index (χ3v) is 2.62. The van der Waals surface area contributed by atoms with Gasteiger partial charge in [0, 0.05) is 13.5 Å². The number of alkyl halides is 2. The molecule has 0 radical (unpaired) electrons. The first-order valence-electron chi connectivity index (χ1n) is 4.07. The van der Waals surface area contributed by atoms with Crippen molar-refractivity contribution in [3.8, 4) is 0 Å². The Morgan fingerprint density at radius 3 is 2.07 bits per heavy atom. The number of carbonyl (C=O) groups excluding carboxylic acids is 1. The summed E-state index contributed by atoms with van der Waals surface area (Å²) in [5.41, 5.74) is -2.17. The molecule has 1 N–H and O–H groups in total. The number of amides is 1. The molecule has 1 heterocycles. The minimum atomic E-state index is -3.37. The minimum Gasteiger partial charge on any atom is -0.481 e. The molecule has 0 aromatic heterocycles. The fraction of sp³-hybridized carbons (Fsp3) is 0.750. The molecular formula is C8H11F2NO3. The lowest BCUT2D eigenvalue weighted by Crippen LogP contribution is -2.44. The second-order valence-corrected chi connectivity index (χ2v) is 3.72. The molecule has 6 heteroatoms. The van der Waals surface area contributed by atoms with Crippen LogP contribution >= 0.6 is 0 Å². The minimum absolute atomic E-state index is 0.440. The number of hydrogen-bond acceptors (Lipinski definition) is 2. The Hall–Kier alpha value is -1.20. The van der Waals surface area contributed by atoms with Crippen molar-refractivity contribution in [2.45, 2.75) is 19.8 Å². The van der Waals surface area contributed by atoms with Crippen LogP contribution in [0.2, 0.25) is 0 Å². The summed E-state index contributed by atoms with van der Waals surface area (Å²) in [5, 5.41) is 8.69. The van der Waals surface area contributed by atoms with Crippen LogP contribution in [0.15, 0.2) is 0 Å². The molecule has 0 aliphatic carbocycles. The van der Waals surface area contributed by atoms with E-state index >= 15 is 0 Å². The van der Waals surface area contributed by atoms with Gasteiger partial charge in [-0.05, 0) is 6.92 Å². The summed E-state index contributed by atoms with van der Waals surface area (Å²) in [6, 6.07) is 0. The van der Waals surface area contributed by atoms with E-state index in [0.717, 1.165) is 18.7 Å². The summed E-state index contributed by atoms with van der Waals surface area (Å²) in [7, 11) is 0. The highest BCUT2D eigenvalue weighted by Crippen LogP contribution is 2.43. The van der Waals surface area contributed by atoms with E-state index in [0.29, 0.717) is 0 Å². The summed E-state index contributed by atoms with van der Waals surface area (Å²) < 4.78 is 26.6. The number of likely N-dealkylation sites (tertiary alicyclic amines) is 1. The molecule has 0 aromatic rings. The van der Waals surface area contributed by atoms with Gasteiger partial charge in [-0.1, -0.05) is 0 Å². The SMILES string of the molecule is CC(=O)N1CC(F)(F)C(C)(C(=O)O)C1. The van der Waals surface area contributed by atoms with Crippen LogP contribution in [0.5, 0.6) is 0 Å². The number of hydrogen-bond donors (Lipinski definition) is 1. The van der Waals surface area contributed by atoms with Crippen LogP contribution in [0.1, 0.15) is 13.8 Å². The van der Waals surface area contributed by atoms with Crippen molar-refractivity contribution >= 4 is 11.9 Å². The quantitative estimate of drug-likeness (QED) is 0.684. The van der Waals surface area contributed by atoms with E-state index in [9.17, 15) is 18.4 Å². The maximum absolute atomic E-state index is 13.3. The van der Waals surface area contributed by atoms with Gasteiger partial charge in [0.15, 0.2) is 0 Å². The van der Waals surface area contributed by atoms with Crippen LogP contribution < -0.4 is 0 Å². The monoisotopic (exact) mass is 207 g/mol. The predicted octanol–water partition coefficient (Wildman–Crippen LogP) is 0.575. The van der Waals surface area contributed by atoms with Gasteiger partial charge in [-0.25, -0.2) is 8.78 Å². The highest BCUT2D eigenvalue weighted by molar-refractivity contribution is 5.80. The Kier molecular flexibility index (Phi) is 2.25. The van der Waals surface area contributed by atoms with E-state index in [1.165, 1.54) is 0 Å². The van der Waals surface area contributed by atoms with Crippen molar-refractivity contribution < 1.29 is 23.5 Å². The number of carboxylic acid groups (broad SMARTS) is 1. The van der Waals surface area contributed by atoms with Crippen LogP contribution in [0.3, 0.4) is 0 Å². The average molecular weight is 207 g/mol. The van der Waals surface area contributed by atoms with E-state index in [4.69, 9.17) is 5.11 Å². The molecule has 80 valence electrons. The molecule has 1 aliphatic rings. The molecule has 0 saturated carbocycles. The van der Waals surface area contributed by atoms with Gasteiger partial charge in [0.2, 0.25) is 5.91 Å². The first-order valence-corrected chi connectivity index (χ1v) is 4.07. The zero-order chi connectivity index (χ0) is 11.1. The second-order valence-electron chi connectivity index (χ2n) is 3.72. The standard InChI is InChI=1S/C8H11F2NO3/c1-5(12)11-3-7(2,6(13)14)8(9,10)4-11/h3-4H2,1-2H3,(H,13,14). The van der Waals surface area contributed by atoms with E-state index in [-0.39, 0.29) is 0 Å². The van der Waals surface area contributed by atoms with Gasteiger partial charge in [0.1, 0.15) is 5.41 Å². The van der Waals surface area contributed by atoms with Crippen molar-refractivity contribution in [3.63, 3.8) is 0 Å². The zero-order valence-electron chi connectivity index (χ0n) is 7.88. The lowest BCUT2D eigenvalue weighted by atomic mass is 9.86. The topological polar surface area (TPSA) is 57.6 Å². The Morgan fingerprint density at radius 2 is 1.86 bits per heavy atom. The molecule has 1 aliphatic heterocycles. The van der Waals surface area contributed by atoms with Gasteiger partial charge in [0.05, 0.1) is 6.54 Å². The number of carboxylic acids is 1. The number of carbonyl (C=O) groups is 2. The van der Waals surface area contributed by atoms with Crippen molar-refractivity contribution in [2.75, 3.05) is 13.1 Å². The van der Waals surface area contributed by atoms with Crippen molar-refractivity contribution in [1.29, 1.82) is 0 Å². The molecule has 0 aromatic carbocycles. The Labute approximate surface area is 79.5 Å². The van der Waals surface area contributed by atoms with Gasteiger partial charge in [0.25, 0.3) is 5.92 Å². The second kappa shape index (κ2) is 2.90. The zero-order valence-corrected chi connectivity index (χ0v) is 7.88. The molecule has 14 heavy (non-hydrogen) atoms. The summed E-state index contributed by atoms with van der Waals surface area (Å²) >= 11 is 0. The molecule has 4 nitrogen and oxygen atoms in total. The van der Waals surface area contributed by atoms with Crippen molar-refractivity contribution in [1.82, 2.24) is 4.90 Å². The molecule has 0 bridgehead atoms. The fourth-order valence-corrected chi connectivity index (χ4v) is 1.41. The number of nitrogens with zero attached hydrogens (tertiary/aromatic N) is 1. The van der Waals surface area contributed by atoms with Gasteiger partial charge in [-0.2, -0.15) is 0 Å². The molecule has 1 atom stereocenters. The van der Waals surface area contributed by atoms with E-state index in [2.05, 4.69) is 0 Å². The van der Waals surface area contributed by atoms with Crippen LogP contribution in [-0.4, -0.2) is 40.9 Å². The molecule has 1 fully saturated rings. The first-order chi connectivity index (χ1) is 6.21. The van der Waals surface area contributed by atoms with Gasteiger partial charge in [-0.3, -0.25) is 9.59 Å². The highest BCUT2D eigenvalue weighted by Gasteiger charge is 2.62. The smallest absolute Gasteiger partial charge is 0.317 e. The summed E-state index contributed by atoms with van der Waals surface area (Å²) in [5.74, 6) is -5.48. The average Bonchev–Trinajstić information content (AvgIpc) is 2.24. The maximum atomic E-state index is 13.3. The van der Waals surface area contributed by atoms with E-state index < -0.39 is 36.3 Å². The van der Waals surface area contributed by atoms with E-state index in [1.807, 2.05) is 0 Å². The van der Waals surface area contributed by atoms with Crippen molar-refractivity contribution in [2.24, 2.45) is 5.41 Å². The molecule has 1 unspecified atom stereocenters. The number of halogens is 2. The normalized spacial score (nSPS) is 30.4. The van der Waals surface area contributed by atoms with Gasteiger partial charge in [-0.15, -0.1) is 0 Å². The lowest BCUT2D eigenvalue weighted by Gasteiger charge is -2.24. The third kappa shape index (κ3) is 1.34. The summed E-state index contributed by atoms with van der Waals surface area (Å²) in [6.45, 7) is 0.845. The summed E-state index contributed by atoms with van der Waals surface area (Å²) in [6.07, 6.45) is 0. The van der Waals surface area contributed by atoms with Gasteiger partial charge >= 0.3 is 5.97 Å². The Morgan fingerprint density at radius 1 is 1.36 bits per heavy atom. The Balaban J connectivity index is 3.00. The third-order valence-electron chi connectivity index (χ3n) is 2.62. The molecular weight excluding hydrogens is 196 g/mol. The molecule has 1 rings (SSSR count). The maximum Gasteiger partial charge on any atom is 0.317 e. The number of rotatable bonds is 1. The fourth-order valence-electron chi connectivity index (χ4n) is 1.41. The van der Waals surface area contributed by atoms with Gasteiger partial charge < -0.3 is 10.0 Å². The Bertz CT molecular complexity index is 292. The summed E-state index contributed by atoms with van der Waals surface area (Å²) in [4.78, 5) is 22.4. The molecule has 1 amide bonds. The van der Waals surface area contributed by atoms with Crippen LogP contribution in [0.25, 0.3) is 0 Å². The van der Waals surface area contributed by atoms with E-state index in [1.54, 1.807) is 0 Å².